The van der Waals surface area contributed by atoms with Crippen molar-refractivity contribution in [3.8, 4) is 28.4 Å². The summed E-state index contributed by atoms with van der Waals surface area (Å²) < 4.78 is 16.1. The Hall–Kier alpha value is -2.24. The molecule has 25 heavy (non-hydrogen) atoms. The molecule has 2 N–H and O–H groups in total. The third kappa shape index (κ3) is 5.37. The van der Waals surface area contributed by atoms with Gasteiger partial charge in [0.1, 0.15) is 17.2 Å². The number of aromatic hydroxyl groups is 1. The highest BCUT2D eigenvalue weighted by Gasteiger charge is 2.10. The minimum Gasteiger partial charge on any atom is -0.508 e. The van der Waals surface area contributed by atoms with Crippen molar-refractivity contribution in [3.63, 3.8) is 0 Å². The van der Waals surface area contributed by atoms with E-state index in [-0.39, 0.29) is 5.75 Å². The number of rotatable bonds is 10. The quantitative estimate of drug-likeness (QED) is 0.645. The molecule has 2 aromatic carbocycles. The minimum absolute atomic E-state index is 0.280. The van der Waals surface area contributed by atoms with Crippen molar-refractivity contribution in [2.45, 2.75) is 19.9 Å². The predicted molar refractivity (Wildman–Crippen MR) is 99.5 cm³/mol. The fraction of sp³-hybridized carbons (Fsp3) is 0.400. The lowest BCUT2D eigenvalue weighted by molar-refractivity contribution is 0.144. The lowest BCUT2D eigenvalue weighted by Gasteiger charge is -2.13. The maximum atomic E-state index is 10.1. The van der Waals surface area contributed by atoms with Crippen molar-refractivity contribution in [1.29, 1.82) is 0 Å². The van der Waals surface area contributed by atoms with E-state index in [1.165, 1.54) is 0 Å². The largest absolute Gasteiger partial charge is 0.508 e. The molecule has 5 nitrogen and oxygen atoms in total. The topological polar surface area (TPSA) is 60.0 Å². The second kappa shape index (κ2) is 9.91. The van der Waals surface area contributed by atoms with Crippen LogP contribution in [0.2, 0.25) is 0 Å². The molecule has 0 aliphatic carbocycles. The molecule has 0 aliphatic heterocycles. The normalized spacial score (nSPS) is 10.7. The van der Waals surface area contributed by atoms with Gasteiger partial charge in [0, 0.05) is 30.9 Å². The van der Waals surface area contributed by atoms with Crippen LogP contribution in [0.4, 0.5) is 0 Å². The van der Waals surface area contributed by atoms with E-state index in [1.54, 1.807) is 20.3 Å². The number of methoxy groups -OCH3 is 2. The van der Waals surface area contributed by atoms with Gasteiger partial charge in [0.15, 0.2) is 0 Å². The van der Waals surface area contributed by atoms with Crippen LogP contribution in [-0.2, 0) is 11.3 Å². The number of hydrogen-bond acceptors (Lipinski definition) is 5. The fourth-order valence-corrected chi connectivity index (χ4v) is 2.60. The van der Waals surface area contributed by atoms with Gasteiger partial charge >= 0.3 is 0 Å². The molecule has 0 radical (unpaired) electrons. The van der Waals surface area contributed by atoms with Gasteiger partial charge < -0.3 is 24.6 Å². The van der Waals surface area contributed by atoms with E-state index in [2.05, 4.69) is 5.32 Å². The summed E-state index contributed by atoms with van der Waals surface area (Å²) in [6.07, 6.45) is 0.942. The average Bonchev–Trinajstić information content (AvgIpc) is 2.65. The Morgan fingerprint density at radius 1 is 1.04 bits per heavy atom. The Balaban J connectivity index is 2.13. The molecule has 0 bridgehead atoms. The highest BCUT2D eigenvalue weighted by Crippen LogP contribution is 2.35. The molecule has 0 fully saturated rings. The number of phenols is 1. The SMILES string of the molecule is CCOCCCNCc1cc(-c2cc(OC)ccc2OC)ccc1O. The van der Waals surface area contributed by atoms with Gasteiger partial charge in [-0.1, -0.05) is 6.07 Å². The maximum absolute atomic E-state index is 10.1. The second-order valence-corrected chi connectivity index (χ2v) is 5.64. The van der Waals surface area contributed by atoms with Crippen molar-refractivity contribution in [2.75, 3.05) is 34.0 Å². The molecule has 0 saturated heterocycles. The number of hydrogen-bond donors (Lipinski definition) is 2. The molecule has 0 unspecified atom stereocenters. The molecule has 136 valence electrons. The molecular weight excluding hydrogens is 318 g/mol. The molecule has 0 aromatic heterocycles. The van der Waals surface area contributed by atoms with E-state index in [1.807, 2.05) is 37.3 Å². The van der Waals surface area contributed by atoms with Crippen LogP contribution in [-0.4, -0.2) is 39.1 Å². The van der Waals surface area contributed by atoms with E-state index >= 15 is 0 Å². The summed E-state index contributed by atoms with van der Waals surface area (Å²) in [7, 11) is 3.28. The van der Waals surface area contributed by atoms with Gasteiger partial charge in [0.25, 0.3) is 0 Å². The van der Waals surface area contributed by atoms with E-state index in [4.69, 9.17) is 14.2 Å². The fourth-order valence-electron chi connectivity index (χ4n) is 2.60. The van der Waals surface area contributed by atoms with E-state index in [9.17, 15) is 5.11 Å². The smallest absolute Gasteiger partial charge is 0.126 e. The average molecular weight is 345 g/mol. The van der Waals surface area contributed by atoms with Crippen molar-refractivity contribution in [2.24, 2.45) is 0 Å². The Kier molecular flexibility index (Phi) is 7.57. The highest BCUT2D eigenvalue weighted by atomic mass is 16.5. The number of ether oxygens (including phenoxy) is 3. The Bertz CT molecular complexity index is 673. The Morgan fingerprint density at radius 3 is 2.60 bits per heavy atom. The molecule has 0 aliphatic rings. The van der Waals surface area contributed by atoms with Crippen LogP contribution in [0.25, 0.3) is 11.1 Å². The predicted octanol–water partition coefficient (Wildman–Crippen LogP) is 3.59. The summed E-state index contributed by atoms with van der Waals surface area (Å²) in [4.78, 5) is 0. The molecule has 2 aromatic rings. The molecule has 0 amide bonds. The zero-order chi connectivity index (χ0) is 18.1. The lowest BCUT2D eigenvalue weighted by Crippen LogP contribution is -2.16. The number of benzene rings is 2. The van der Waals surface area contributed by atoms with Crippen LogP contribution in [0.3, 0.4) is 0 Å². The van der Waals surface area contributed by atoms with Crippen LogP contribution in [0.15, 0.2) is 36.4 Å². The lowest BCUT2D eigenvalue weighted by atomic mass is 10.0. The monoisotopic (exact) mass is 345 g/mol. The van der Waals surface area contributed by atoms with E-state index < -0.39 is 0 Å². The van der Waals surface area contributed by atoms with Crippen LogP contribution >= 0.6 is 0 Å². The van der Waals surface area contributed by atoms with Gasteiger partial charge in [-0.2, -0.15) is 0 Å². The van der Waals surface area contributed by atoms with Gasteiger partial charge in [-0.25, -0.2) is 0 Å². The van der Waals surface area contributed by atoms with Gasteiger partial charge in [-0.05, 0) is 55.8 Å². The van der Waals surface area contributed by atoms with Gasteiger partial charge in [-0.15, -0.1) is 0 Å². The summed E-state index contributed by atoms with van der Waals surface area (Å²) in [5, 5.41) is 13.5. The first-order valence-electron chi connectivity index (χ1n) is 8.52. The maximum Gasteiger partial charge on any atom is 0.126 e. The van der Waals surface area contributed by atoms with Crippen molar-refractivity contribution in [3.05, 3.63) is 42.0 Å². The zero-order valence-corrected chi connectivity index (χ0v) is 15.2. The number of phenolic OH excluding ortho intramolecular Hbond substituents is 1. The van der Waals surface area contributed by atoms with E-state index in [0.29, 0.717) is 6.54 Å². The second-order valence-electron chi connectivity index (χ2n) is 5.64. The first-order valence-corrected chi connectivity index (χ1v) is 8.52. The molecule has 5 heteroatoms. The van der Waals surface area contributed by atoms with Crippen molar-refractivity contribution >= 4 is 0 Å². The van der Waals surface area contributed by atoms with E-state index in [0.717, 1.165) is 54.4 Å². The molecule has 0 atom stereocenters. The molecule has 0 spiro atoms. The highest BCUT2D eigenvalue weighted by molar-refractivity contribution is 5.73. The van der Waals surface area contributed by atoms with Crippen LogP contribution in [0.1, 0.15) is 18.9 Å². The van der Waals surface area contributed by atoms with Crippen LogP contribution < -0.4 is 14.8 Å². The van der Waals surface area contributed by atoms with Crippen LogP contribution in [0, 0.1) is 0 Å². The van der Waals surface area contributed by atoms with Gasteiger partial charge in [0.05, 0.1) is 14.2 Å². The summed E-state index contributed by atoms with van der Waals surface area (Å²) in [6, 6.07) is 11.2. The molecule has 0 saturated carbocycles. The first kappa shape index (κ1) is 19.1. The number of nitrogens with one attached hydrogen (secondary N) is 1. The molecular formula is C20H27NO4. The van der Waals surface area contributed by atoms with Crippen molar-refractivity contribution < 1.29 is 19.3 Å². The van der Waals surface area contributed by atoms with Crippen molar-refractivity contribution in [1.82, 2.24) is 5.32 Å². The summed E-state index contributed by atoms with van der Waals surface area (Å²) >= 11 is 0. The summed E-state index contributed by atoms with van der Waals surface area (Å²) in [6.45, 7) is 4.91. The molecule has 2 rings (SSSR count). The third-order valence-corrected chi connectivity index (χ3v) is 3.96. The Labute approximate surface area is 149 Å². The van der Waals surface area contributed by atoms with Gasteiger partial charge in [0.2, 0.25) is 0 Å². The molecule has 0 heterocycles. The summed E-state index contributed by atoms with van der Waals surface area (Å²) in [5.74, 6) is 1.81. The Morgan fingerprint density at radius 2 is 1.88 bits per heavy atom. The summed E-state index contributed by atoms with van der Waals surface area (Å²) in [5.41, 5.74) is 2.75. The third-order valence-electron chi connectivity index (χ3n) is 3.96. The zero-order valence-electron chi connectivity index (χ0n) is 15.2. The minimum atomic E-state index is 0.280. The van der Waals surface area contributed by atoms with Crippen LogP contribution in [0.5, 0.6) is 17.2 Å². The first-order chi connectivity index (χ1) is 12.2. The van der Waals surface area contributed by atoms with Gasteiger partial charge in [-0.3, -0.25) is 0 Å². The standard InChI is InChI=1S/C20H27NO4/c1-4-25-11-5-10-21-14-16-12-15(6-8-19(16)22)18-13-17(23-2)7-9-20(18)24-3/h6-9,12-13,21-22H,4-5,10-11,14H2,1-3H3.